The van der Waals surface area contributed by atoms with E-state index in [0.29, 0.717) is 12.3 Å². The summed E-state index contributed by atoms with van der Waals surface area (Å²) in [6.45, 7) is 2.24. The van der Waals surface area contributed by atoms with Gasteiger partial charge in [-0.3, -0.25) is 0 Å². The first-order chi connectivity index (χ1) is 12.8. The van der Waals surface area contributed by atoms with Gasteiger partial charge < -0.3 is 19.5 Å². The summed E-state index contributed by atoms with van der Waals surface area (Å²) in [4.78, 5) is 15.7. The zero-order valence-corrected chi connectivity index (χ0v) is 15.0. The van der Waals surface area contributed by atoms with Crippen LogP contribution in [-0.2, 0) is 15.7 Å². The molecule has 2 aromatic rings. The van der Waals surface area contributed by atoms with E-state index in [4.69, 9.17) is 14.2 Å². The zero-order chi connectivity index (χ0) is 20.0. The van der Waals surface area contributed by atoms with Crippen LogP contribution in [0.1, 0.15) is 22.8 Å². The Morgan fingerprint density at radius 3 is 2.63 bits per heavy atom. The normalized spacial score (nSPS) is 12.4. The van der Waals surface area contributed by atoms with Crippen molar-refractivity contribution in [1.82, 2.24) is 4.98 Å². The predicted molar refractivity (Wildman–Crippen MR) is 92.1 cm³/mol. The number of hydrogen-bond acceptors (Lipinski definition) is 6. The largest absolute Gasteiger partial charge is 0.465 e. The Labute approximate surface area is 154 Å². The summed E-state index contributed by atoms with van der Waals surface area (Å²) in [6.07, 6.45) is -3.43. The van der Waals surface area contributed by atoms with Crippen LogP contribution in [0.3, 0.4) is 0 Å². The summed E-state index contributed by atoms with van der Waals surface area (Å²) in [5.41, 5.74) is -0.459. The van der Waals surface area contributed by atoms with Crippen LogP contribution in [0, 0.1) is 0 Å². The van der Waals surface area contributed by atoms with Gasteiger partial charge in [0.1, 0.15) is 11.3 Å². The molecule has 27 heavy (non-hydrogen) atoms. The highest BCUT2D eigenvalue weighted by atomic mass is 19.4. The minimum atomic E-state index is -4.62. The molecule has 0 unspecified atom stereocenters. The monoisotopic (exact) mass is 384 g/mol. The number of halogens is 3. The molecule has 1 aromatic heterocycles. The highest BCUT2D eigenvalue weighted by Crippen LogP contribution is 2.37. The number of aromatic nitrogens is 1. The molecule has 1 atom stereocenters. The average molecular weight is 384 g/mol. The predicted octanol–water partition coefficient (Wildman–Crippen LogP) is 4.13. The first kappa shape index (κ1) is 20.5. The van der Waals surface area contributed by atoms with Crippen LogP contribution < -0.4 is 10.1 Å². The molecule has 9 heteroatoms. The molecule has 0 aliphatic rings. The molecule has 1 heterocycles. The number of carbonyl (C=O) groups excluding carboxylic acids is 1. The van der Waals surface area contributed by atoms with Gasteiger partial charge in [-0.15, -0.1) is 0 Å². The molecule has 0 saturated carbocycles. The lowest BCUT2D eigenvalue weighted by Crippen LogP contribution is -2.22. The first-order valence-electron chi connectivity index (χ1n) is 7.94. The van der Waals surface area contributed by atoms with E-state index in [1.54, 1.807) is 7.11 Å². The van der Waals surface area contributed by atoms with Crippen molar-refractivity contribution in [2.45, 2.75) is 19.1 Å². The van der Waals surface area contributed by atoms with E-state index in [1.165, 1.54) is 37.6 Å². The molecule has 0 saturated heterocycles. The topological polar surface area (TPSA) is 69.7 Å². The summed E-state index contributed by atoms with van der Waals surface area (Å²) in [7, 11) is 2.75. The second kappa shape index (κ2) is 8.72. The molecule has 0 bridgehead atoms. The second-order valence-corrected chi connectivity index (χ2v) is 5.66. The molecular formula is C18H19F3N2O4. The Hall–Kier alpha value is -2.81. The van der Waals surface area contributed by atoms with Crippen molar-refractivity contribution in [3.63, 3.8) is 0 Å². The molecule has 0 spiro atoms. The van der Waals surface area contributed by atoms with Crippen LogP contribution in [0.2, 0.25) is 0 Å². The molecule has 0 amide bonds. The van der Waals surface area contributed by atoms with Crippen molar-refractivity contribution in [3.05, 3.63) is 47.7 Å². The molecule has 1 N–H and O–H groups in total. The summed E-state index contributed by atoms with van der Waals surface area (Å²) in [5.74, 6) is -1.25. The Morgan fingerprint density at radius 1 is 1.26 bits per heavy atom. The van der Waals surface area contributed by atoms with Gasteiger partial charge in [0.2, 0.25) is 5.88 Å². The van der Waals surface area contributed by atoms with Gasteiger partial charge in [0.05, 0.1) is 19.3 Å². The Kier molecular flexibility index (Phi) is 6.62. The lowest BCUT2D eigenvalue weighted by atomic mass is 10.1. The van der Waals surface area contributed by atoms with Gasteiger partial charge in [0.25, 0.3) is 0 Å². The summed E-state index contributed by atoms with van der Waals surface area (Å²) in [6, 6.07) is 6.17. The van der Waals surface area contributed by atoms with Crippen molar-refractivity contribution < 1.29 is 32.2 Å². The minimum absolute atomic E-state index is 0.0181. The molecule has 0 radical (unpaired) electrons. The van der Waals surface area contributed by atoms with E-state index in [9.17, 15) is 18.0 Å². The maximum Gasteiger partial charge on any atom is 0.421 e. The third-order valence-corrected chi connectivity index (χ3v) is 3.51. The van der Waals surface area contributed by atoms with Gasteiger partial charge in [0, 0.05) is 25.0 Å². The van der Waals surface area contributed by atoms with Gasteiger partial charge >= 0.3 is 12.1 Å². The number of alkyl halides is 3. The number of benzene rings is 1. The van der Waals surface area contributed by atoms with Gasteiger partial charge in [0.15, 0.2) is 0 Å². The Morgan fingerprint density at radius 2 is 2.00 bits per heavy atom. The minimum Gasteiger partial charge on any atom is -0.465 e. The van der Waals surface area contributed by atoms with Crippen molar-refractivity contribution in [2.75, 3.05) is 26.1 Å². The van der Waals surface area contributed by atoms with Gasteiger partial charge in [-0.05, 0) is 37.3 Å². The van der Waals surface area contributed by atoms with Crippen LogP contribution in [0.4, 0.5) is 18.9 Å². The standard InChI is InChI=1S/C18H19F3N2O4/c1-11(10-25-2)23-15-7-6-12(9-13(15)17(24)26-3)27-16-14(18(19,20)21)5-4-8-22-16/h4-9,11,23H,10H2,1-3H3/t11-/m0/s1. The first-order valence-corrected chi connectivity index (χ1v) is 7.94. The van der Waals surface area contributed by atoms with Gasteiger partial charge in [-0.1, -0.05) is 0 Å². The van der Waals surface area contributed by atoms with Crippen molar-refractivity contribution in [2.24, 2.45) is 0 Å². The van der Waals surface area contributed by atoms with Crippen molar-refractivity contribution >= 4 is 11.7 Å². The summed E-state index contributed by atoms with van der Waals surface area (Å²) in [5, 5.41) is 3.08. The van der Waals surface area contributed by atoms with Crippen LogP contribution >= 0.6 is 0 Å². The molecule has 0 aliphatic carbocycles. The smallest absolute Gasteiger partial charge is 0.421 e. The SMILES string of the molecule is COC[C@H](C)Nc1ccc(Oc2ncccc2C(F)(F)F)cc1C(=O)OC. The Bertz CT molecular complexity index is 796. The highest BCUT2D eigenvalue weighted by molar-refractivity contribution is 5.96. The molecule has 6 nitrogen and oxygen atoms in total. The maximum atomic E-state index is 13.1. The highest BCUT2D eigenvalue weighted by Gasteiger charge is 2.35. The molecule has 0 aliphatic heterocycles. The van der Waals surface area contributed by atoms with E-state index in [-0.39, 0.29) is 17.4 Å². The fourth-order valence-corrected chi connectivity index (χ4v) is 2.35. The number of pyridine rings is 1. The summed E-state index contributed by atoms with van der Waals surface area (Å²) >= 11 is 0. The van der Waals surface area contributed by atoms with E-state index < -0.39 is 23.6 Å². The third kappa shape index (κ3) is 5.33. The lowest BCUT2D eigenvalue weighted by molar-refractivity contribution is -0.138. The summed E-state index contributed by atoms with van der Waals surface area (Å²) < 4.78 is 54.3. The van der Waals surface area contributed by atoms with Gasteiger partial charge in [-0.2, -0.15) is 13.2 Å². The third-order valence-electron chi connectivity index (χ3n) is 3.51. The Balaban J connectivity index is 2.36. The number of rotatable bonds is 7. The van der Waals surface area contributed by atoms with Gasteiger partial charge in [-0.25, -0.2) is 9.78 Å². The number of nitrogens with one attached hydrogen (secondary N) is 1. The number of anilines is 1. The molecule has 0 fully saturated rings. The second-order valence-electron chi connectivity index (χ2n) is 5.66. The number of esters is 1. The fourth-order valence-electron chi connectivity index (χ4n) is 2.35. The fraction of sp³-hybridized carbons (Fsp3) is 0.333. The van der Waals surface area contributed by atoms with Crippen LogP contribution in [-0.4, -0.2) is 37.8 Å². The number of nitrogens with zero attached hydrogens (tertiary/aromatic N) is 1. The molecule has 1 aromatic carbocycles. The van der Waals surface area contributed by atoms with E-state index >= 15 is 0 Å². The van der Waals surface area contributed by atoms with Crippen molar-refractivity contribution in [3.8, 4) is 11.6 Å². The maximum absolute atomic E-state index is 13.1. The average Bonchev–Trinajstić information content (AvgIpc) is 2.62. The van der Waals surface area contributed by atoms with E-state index in [1.807, 2.05) is 6.92 Å². The molecular weight excluding hydrogens is 365 g/mol. The van der Waals surface area contributed by atoms with E-state index in [2.05, 4.69) is 10.3 Å². The van der Waals surface area contributed by atoms with Crippen molar-refractivity contribution in [1.29, 1.82) is 0 Å². The lowest BCUT2D eigenvalue weighted by Gasteiger charge is -2.18. The number of carbonyl (C=O) groups is 1. The number of methoxy groups -OCH3 is 2. The number of ether oxygens (including phenoxy) is 3. The zero-order valence-electron chi connectivity index (χ0n) is 15.0. The molecule has 146 valence electrons. The van der Waals surface area contributed by atoms with Crippen LogP contribution in [0.5, 0.6) is 11.6 Å². The quantitative estimate of drug-likeness (QED) is 0.724. The van der Waals surface area contributed by atoms with Crippen LogP contribution in [0.15, 0.2) is 36.5 Å². The van der Waals surface area contributed by atoms with Crippen LogP contribution in [0.25, 0.3) is 0 Å². The molecule has 2 rings (SSSR count). The number of hydrogen-bond donors (Lipinski definition) is 1. The van der Waals surface area contributed by atoms with E-state index in [0.717, 1.165) is 6.07 Å².